The van der Waals surface area contributed by atoms with Crippen molar-refractivity contribution >= 4 is 43.9 Å². The zero-order valence-corrected chi connectivity index (χ0v) is 24.6. The first-order chi connectivity index (χ1) is 22.2. The Bertz CT molecular complexity index is 2490. The van der Waals surface area contributed by atoms with E-state index >= 15 is 0 Å². The van der Waals surface area contributed by atoms with Crippen LogP contribution in [0.15, 0.2) is 150 Å². The lowest BCUT2D eigenvalue weighted by Crippen LogP contribution is -1.95. The van der Waals surface area contributed by atoms with E-state index in [4.69, 9.17) is 14.4 Å². The molecule has 0 N–H and O–H groups in total. The smallest absolute Gasteiger partial charge is 0.180 e. The largest absolute Gasteiger partial charge is 0.452 e. The first kappa shape index (κ1) is 25.5. The monoisotopic (exact) mass is 577 g/mol. The van der Waals surface area contributed by atoms with Crippen molar-refractivity contribution in [2.75, 3.05) is 0 Å². The Labute approximate surface area is 259 Å². The summed E-state index contributed by atoms with van der Waals surface area (Å²) in [7, 11) is 0. The van der Waals surface area contributed by atoms with Crippen LogP contribution in [-0.4, -0.2) is 14.5 Å². The summed E-state index contributed by atoms with van der Waals surface area (Å²) in [6.07, 6.45) is 0. The van der Waals surface area contributed by atoms with Crippen LogP contribution in [-0.2, 0) is 0 Å². The van der Waals surface area contributed by atoms with Gasteiger partial charge >= 0.3 is 0 Å². The number of hydrogen-bond acceptors (Lipinski definition) is 3. The SMILES string of the molecule is Cc1cc(-c2ccc3c(c2)oc2c(-c4ccccc4)nc(-c4ccccc4)nc23)cc(-n2c3ccccc3c3ccccc32)c1. The van der Waals surface area contributed by atoms with E-state index in [0.29, 0.717) is 11.4 Å². The molecule has 4 heteroatoms. The van der Waals surface area contributed by atoms with Crippen LogP contribution in [0.25, 0.3) is 83.3 Å². The summed E-state index contributed by atoms with van der Waals surface area (Å²) in [6.45, 7) is 2.16. The Morgan fingerprint density at radius 3 is 1.87 bits per heavy atom. The van der Waals surface area contributed by atoms with Gasteiger partial charge in [0.05, 0.1) is 11.0 Å². The number of hydrogen-bond donors (Lipinski definition) is 0. The first-order valence-electron chi connectivity index (χ1n) is 15.2. The molecule has 6 aromatic carbocycles. The van der Waals surface area contributed by atoms with Gasteiger partial charge < -0.3 is 8.98 Å². The second-order valence-electron chi connectivity index (χ2n) is 11.5. The van der Waals surface area contributed by atoms with Gasteiger partial charge in [0.15, 0.2) is 11.4 Å². The van der Waals surface area contributed by atoms with Crippen molar-refractivity contribution in [3.05, 3.63) is 151 Å². The van der Waals surface area contributed by atoms with Crippen molar-refractivity contribution in [2.45, 2.75) is 6.92 Å². The minimum absolute atomic E-state index is 0.684. The van der Waals surface area contributed by atoms with Gasteiger partial charge in [0.25, 0.3) is 0 Å². The number of nitrogens with zero attached hydrogens (tertiary/aromatic N) is 3. The van der Waals surface area contributed by atoms with E-state index in [9.17, 15) is 0 Å². The Kier molecular flexibility index (Phi) is 5.69. The lowest BCUT2D eigenvalue weighted by molar-refractivity contribution is 0.667. The zero-order chi connectivity index (χ0) is 29.9. The maximum Gasteiger partial charge on any atom is 0.180 e. The molecule has 0 aliphatic rings. The number of para-hydroxylation sites is 2. The molecule has 3 aromatic heterocycles. The fraction of sp³-hybridized carbons (Fsp3) is 0.0244. The lowest BCUT2D eigenvalue weighted by atomic mass is 10.0. The van der Waals surface area contributed by atoms with E-state index in [1.54, 1.807) is 0 Å². The molecule has 9 rings (SSSR count). The Balaban J connectivity index is 1.24. The Morgan fingerprint density at radius 1 is 0.511 bits per heavy atom. The van der Waals surface area contributed by atoms with Crippen molar-refractivity contribution in [2.24, 2.45) is 0 Å². The molecule has 0 aliphatic carbocycles. The van der Waals surface area contributed by atoms with Crippen LogP contribution in [0.3, 0.4) is 0 Å². The van der Waals surface area contributed by atoms with Gasteiger partial charge in [-0.2, -0.15) is 0 Å². The van der Waals surface area contributed by atoms with Crippen molar-refractivity contribution < 1.29 is 4.42 Å². The third kappa shape index (κ3) is 4.15. The van der Waals surface area contributed by atoms with Crippen molar-refractivity contribution in [3.63, 3.8) is 0 Å². The third-order valence-electron chi connectivity index (χ3n) is 8.63. The molecule has 3 heterocycles. The van der Waals surface area contributed by atoms with Crippen LogP contribution in [0, 0.1) is 6.92 Å². The minimum Gasteiger partial charge on any atom is -0.452 e. The molecule has 0 aliphatic heterocycles. The zero-order valence-electron chi connectivity index (χ0n) is 24.6. The summed E-state index contributed by atoms with van der Waals surface area (Å²) in [5.41, 5.74) is 12.0. The molecular formula is C41H27N3O. The number of rotatable bonds is 4. The normalized spacial score (nSPS) is 11.7. The van der Waals surface area contributed by atoms with Crippen LogP contribution in [0.4, 0.5) is 0 Å². The molecule has 0 bridgehead atoms. The standard InChI is InChI=1S/C41H27N3O/c1-26-22-30(24-31(23-26)44-35-18-10-8-16-32(35)33-17-9-11-19-36(33)44)29-20-21-34-37(25-29)45-40-38(27-12-4-2-5-13-27)42-41(43-39(34)40)28-14-6-3-7-15-28/h2-25H,1H3. The molecule has 212 valence electrons. The molecule has 9 aromatic rings. The lowest BCUT2D eigenvalue weighted by Gasteiger charge is -2.12. The quantitative estimate of drug-likeness (QED) is 0.209. The number of furan rings is 1. The molecule has 0 spiro atoms. The topological polar surface area (TPSA) is 43.9 Å². The predicted octanol–water partition coefficient (Wildman–Crippen LogP) is 10.8. The average molecular weight is 578 g/mol. The Hall–Kier alpha value is -6.00. The van der Waals surface area contributed by atoms with E-state index in [-0.39, 0.29) is 0 Å². The number of aryl methyl sites for hydroxylation is 1. The molecule has 4 nitrogen and oxygen atoms in total. The molecule has 0 unspecified atom stereocenters. The van der Waals surface area contributed by atoms with Crippen molar-refractivity contribution in [3.8, 4) is 39.5 Å². The number of benzene rings is 6. The van der Waals surface area contributed by atoms with Crippen LogP contribution < -0.4 is 0 Å². The summed E-state index contributed by atoms with van der Waals surface area (Å²) in [5, 5.41) is 3.48. The second-order valence-corrected chi connectivity index (χ2v) is 11.5. The second kappa shape index (κ2) is 10.0. The maximum atomic E-state index is 6.61. The highest BCUT2D eigenvalue weighted by atomic mass is 16.3. The molecule has 0 fully saturated rings. The molecule has 0 saturated carbocycles. The fourth-order valence-electron chi connectivity index (χ4n) is 6.59. The molecule has 0 saturated heterocycles. The van der Waals surface area contributed by atoms with Gasteiger partial charge in [-0.15, -0.1) is 0 Å². The van der Waals surface area contributed by atoms with Crippen LogP contribution >= 0.6 is 0 Å². The summed E-state index contributed by atoms with van der Waals surface area (Å²) in [4.78, 5) is 10.0. The summed E-state index contributed by atoms with van der Waals surface area (Å²) < 4.78 is 8.98. The van der Waals surface area contributed by atoms with Gasteiger partial charge in [0.2, 0.25) is 0 Å². The van der Waals surface area contributed by atoms with E-state index in [1.807, 2.05) is 48.5 Å². The number of aromatic nitrogens is 3. The molecule has 0 radical (unpaired) electrons. The van der Waals surface area contributed by atoms with Gasteiger partial charge in [-0.25, -0.2) is 9.97 Å². The minimum atomic E-state index is 0.684. The van der Waals surface area contributed by atoms with Gasteiger partial charge in [-0.3, -0.25) is 0 Å². The highest BCUT2D eigenvalue weighted by molar-refractivity contribution is 6.10. The van der Waals surface area contributed by atoms with Gasteiger partial charge in [0, 0.05) is 33.0 Å². The molecular weight excluding hydrogens is 550 g/mol. The Morgan fingerprint density at radius 2 is 1.16 bits per heavy atom. The van der Waals surface area contributed by atoms with E-state index in [2.05, 4.69) is 109 Å². The fourth-order valence-corrected chi connectivity index (χ4v) is 6.59. The highest BCUT2D eigenvalue weighted by Gasteiger charge is 2.19. The molecule has 45 heavy (non-hydrogen) atoms. The van der Waals surface area contributed by atoms with Crippen molar-refractivity contribution in [1.29, 1.82) is 0 Å². The van der Waals surface area contributed by atoms with Crippen molar-refractivity contribution in [1.82, 2.24) is 14.5 Å². The molecule has 0 atom stereocenters. The summed E-state index contributed by atoms with van der Waals surface area (Å²) in [6, 6.07) is 50.8. The van der Waals surface area contributed by atoms with Gasteiger partial charge in [-0.1, -0.05) is 109 Å². The van der Waals surface area contributed by atoms with Gasteiger partial charge in [-0.05, 0) is 60.0 Å². The maximum absolute atomic E-state index is 6.61. The van der Waals surface area contributed by atoms with E-state index in [0.717, 1.165) is 50.1 Å². The van der Waals surface area contributed by atoms with E-state index < -0.39 is 0 Å². The van der Waals surface area contributed by atoms with Crippen LogP contribution in [0.2, 0.25) is 0 Å². The summed E-state index contributed by atoms with van der Waals surface area (Å²) in [5.74, 6) is 0.684. The van der Waals surface area contributed by atoms with Crippen LogP contribution in [0.1, 0.15) is 5.56 Å². The summed E-state index contributed by atoms with van der Waals surface area (Å²) >= 11 is 0. The van der Waals surface area contributed by atoms with Crippen LogP contribution in [0.5, 0.6) is 0 Å². The first-order valence-corrected chi connectivity index (χ1v) is 15.2. The average Bonchev–Trinajstić information content (AvgIpc) is 3.64. The molecule has 0 amide bonds. The predicted molar refractivity (Wildman–Crippen MR) is 185 cm³/mol. The third-order valence-corrected chi connectivity index (χ3v) is 8.63. The number of fused-ring (bicyclic) bond motifs is 6. The van der Waals surface area contributed by atoms with Gasteiger partial charge in [0.1, 0.15) is 16.8 Å². The van der Waals surface area contributed by atoms with E-state index in [1.165, 1.54) is 27.4 Å². The highest BCUT2D eigenvalue weighted by Crippen LogP contribution is 2.38.